The van der Waals surface area contributed by atoms with Gasteiger partial charge in [0.15, 0.2) is 0 Å². The third-order valence-corrected chi connectivity index (χ3v) is 3.12. The van der Waals surface area contributed by atoms with Crippen molar-refractivity contribution in [2.24, 2.45) is 0 Å². The molecule has 1 unspecified atom stereocenters. The fraction of sp³-hybridized carbons (Fsp3) is 0.438. The predicted molar refractivity (Wildman–Crippen MR) is 79.1 cm³/mol. The van der Waals surface area contributed by atoms with Crippen molar-refractivity contribution >= 4 is 0 Å². The summed E-state index contributed by atoms with van der Waals surface area (Å²) in [5.41, 5.74) is 2.20. The number of nitrogens with zero attached hydrogens (tertiary/aromatic N) is 1. The average molecular weight is 274 g/mol. The number of ether oxygens (including phenoxy) is 1. The molecule has 108 valence electrons. The van der Waals surface area contributed by atoms with Crippen molar-refractivity contribution in [3.63, 3.8) is 0 Å². The quantitative estimate of drug-likeness (QED) is 0.908. The second-order valence-electron chi connectivity index (χ2n) is 5.21. The highest BCUT2D eigenvalue weighted by molar-refractivity contribution is 5.36. The van der Waals surface area contributed by atoms with E-state index >= 15 is 0 Å². The third-order valence-electron chi connectivity index (χ3n) is 3.12. The second kappa shape index (κ2) is 6.09. The molecule has 2 heterocycles. The monoisotopic (exact) mass is 274 g/mol. The van der Waals surface area contributed by atoms with Crippen molar-refractivity contribution in [3.8, 4) is 5.75 Å². The van der Waals surface area contributed by atoms with Crippen LogP contribution in [0.25, 0.3) is 0 Å². The molecule has 0 fully saturated rings. The molecule has 0 spiro atoms. The first-order chi connectivity index (χ1) is 9.51. The molecule has 1 N–H and O–H groups in total. The molecule has 1 atom stereocenters. The summed E-state index contributed by atoms with van der Waals surface area (Å²) < 4.78 is 11.3. The number of hydrogen-bond acceptors (Lipinski definition) is 4. The van der Waals surface area contributed by atoms with Crippen LogP contribution in [-0.4, -0.2) is 18.1 Å². The van der Waals surface area contributed by atoms with Crippen LogP contribution in [0.15, 0.2) is 28.9 Å². The number of furan rings is 1. The van der Waals surface area contributed by atoms with Crippen LogP contribution in [0, 0.1) is 13.8 Å². The van der Waals surface area contributed by atoms with E-state index in [9.17, 15) is 0 Å². The Balaban J connectivity index is 2.34. The summed E-state index contributed by atoms with van der Waals surface area (Å²) in [6, 6.07) is 4.14. The number of rotatable bonds is 5. The van der Waals surface area contributed by atoms with Gasteiger partial charge in [-0.1, -0.05) is 0 Å². The highest BCUT2D eigenvalue weighted by atomic mass is 16.5. The summed E-state index contributed by atoms with van der Waals surface area (Å²) in [5, 5.41) is 3.31. The van der Waals surface area contributed by atoms with Crippen molar-refractivity contribution in [2.75, 3.05) is 7.05 Å². The van der Waals surface area contributed by atoms with Crippen molar-refractivity contribution in [1.82, 2.24) is 10.3 Å². The van der Waals surface area contributed by atoms with Gasteiger partial charge in [-0.25, -0.2) is 0 Å². The summed E-state index contributed by atoms with van der Waals surface area (Å²) in [7, 11) is 1.93. The second-order valence-corrected chi connectivity index (χ2v) is 5.21. The topological polar surface area (TPSA) is 47.3 Å². The lowest BCUT2D eigenvalue weighted by atomic mass is 10.0. The summed E-state index contributed by atoms with van der Waals surface area (Å²) in [5.74, 6) is 2.63. The van der Waals surface area contributed by atoms with Crippen LogP contribution in [-0.2, 0) is 0 Å². The lowest BCUT2D eigenvalue weighted by Gasteiger charge is -2.17. The van der Waals surface area contributed by atoms with Crippen LogP contribution in [0.2, 0.25) is 0 Å². The molecule has 0 aliphatic carbocycles. The molecule has 20 heavy (non-hydrogen) atoms. The van der Waals surface area contributed by atoms with Gasteiger partial charge in [0.25, 0.3) is 0 Å². The molecule has 0 aromatic carbocycles. The smallest absolute Gasteiger partial charge is 0.138 e. The minimum Gasteiger partial charge on any atom is -0.489 e. The van der Waals surface area contributed by atoms with Gasteiger partial charge in [0.05, 0.1) is 18.3 Å². The maximum absolute atomic E-state index is 5.71. The predicted octanol–water partition coefficient (Wildman–Crippen LogP) is 3.39. The number of hydrogen-bond donors (Lipinski definition) is 1. The molecule has 0 radical (unpaired) electrons. The Hall–Kier alpha value is -1.81. The van der Waals surface area contributed by atoms with Crippen molar-refractivity contribution < 1.29 is 9.15 Å². The van der Waals surface area contributed by atoms with Crippen molar-refractivity contribution in [2.45, 2.75) is 39.8 Å². The van der Waals surface area contributed by atoms with Gasteiger partial charge in [0.1, 0.15) is 17.3 Å². The van der Waals surface area contributed by atoms with Gasteiger partial charge in [-0.15, -0.1) is 0 Å². The molecular weight excluding hydrogens is 252 g/mol. The molecule has 0 amide bonds. The molecule has 0 saturated carbocycles. The average Bonchev–Trinajstić information content (AvgIpc) is 2.69. The van der Waals surface area contributed by atoms with E-state index in [4.69, 9.17) is 9.15 Å². The molecule has 0 saturated heterocycles. The summed E-state index contributed by atoms with van der Waals surface area (Å²) in [6.07, 6.45) is 3.73. The molecule has 0 bridgehead atoms. The molecule has 2 aromatic rings. The fourth-order valence-electron chi connectivity index (χ4n) is 2.37. The highest BCUT2D eigenvalue weighted by Gasteiger charge is 2.18. The summed E-state index contributed by atoms with van der Waals surface area (Å²) >= 11 is 0. The minimum atomic E-state index is 0.0515. The minimum absolute atomic E-state index is 0.0515. The molecule has 2 aromatic heterocycles. The zero-order valence-corrected chi connectivity index (χ0v) is 12.7. The Kier molecular flexibility index (Phi) is 4.45. The van der Waals surface area contributed by atoms with E-state index in [1.165, 1.54) is 0 Å². The SMILES string of the molecule is CNC(c1cncc(OC(C)C)c1)c1cc(C)oc1C. The lowest BCUT2D eigenvalue weighted by Crippen LogP contribution is -2.18. The highest BCUT2D eigenvalue weighted by Crippen LogP contribution is 2.28. The zero-order chi connectivity index (χ0) is 14.7. The molecule has 2 rings (SSSR count). The standard InChI is InChI=1S/C16H22N2O2/c1-10(2)19-14-7-13(8-18-9-14)16(17-5)15-6-11(3)20-12(15)4/h6-10,16-17H,1-5H3. The Morgan fingerprint density at radius 2 is 1.95 bits per heavy atom. The Bertz CT molecular complexity index is 576. The van der Waals surface area contributed by atoms with E-state index < -0.39 is 0 Å². The Morgan fingerprint density at radius 1 is 1.20 bits per heavy atom. The molecule has 0 aliphatic rings. The largest absolute Gasteiger partial charge is 0.489 e. The number of pyridine rings is 1. The van der Waals surface area contributed by atoms with E-state index in [-0.39, 0.29) is 12.1 Å². The molecular formula is C16H22N2O2. The van der Waals surface area contributed by atoms with Gasteiger partial charge in [0, 0.05) is 11.8 Å². The van der Waals surface area contributed by atoms with Crippen LogP contribution in [0.5, 0.6) is 5.75 Å². The summed E-state index contributed by atoms with van der Waals surface area (Å²) in [4.78, 5) is 4.27. The zero-order valence-electron chi connectivity index (χ0n) is 12.7. The first-order valence-electron chi connectivity index (χ1n) is 6.87. The lowest BCUT2D eigenvalue weighted by molar-refractivity contribution is 0.241. The van der Waals surface area contributed by atoms with E-state index in [0.29, 0.717) is 0 Å². The van der Waals surface area contributed by atoms with E-state index in [2.05, 4.69) is 16.4 Å². The normalized spacial score (nSPS) is 12.7. The van der Waals surface area contributed by atoms with Crippen molar-refractivity contribution in [1.29, 1.82) is 0 Å². The number of aryl methyl sites for hydroxylation is 2. The maximum Gasteiger partial charge on any atom is 0.138 e. The van der Waals surface area contributed by atoms with E-state index in [1.807, 2.05) is 47.0 Å². The molecule has 4 nitrogen and oxygen atoms in total. The van der Waals surface area contributed by atoms with Crippen LogP contribution in [0.3, 0.4) is 0 Å². The van der Waals surface area contributed by atoms with Gasteiger partial charge in [-0.2, -0.15) is 0 Å². The first kappa shape index (κ1) is 14.6. The van der Waals surface area contributed by atoms with Crippen LogP contribution < -0.4 is 10.1 Å². The van der Waals surface area contributed by atoms with Gasteiger partial charge in [-0.3, -0.25) is 4.98 Å². The van der Waals surface area contributed by atoms with Gasteiger partial charge >= 0.3 is 0 Å². The Morgan fingerprint density at radius 3 is 2.50 bits per heavy atom. The van der Waals surface area contributed by atoms with Crippen LogP contribution >= 0.6 is 0 Å². The maximum atomic E-state index is 5.71. The third kappa shape index (κ3) is 3.20. The van der Waals surface area contributed by atoms with Gasteiger partial charge in [0.2, 0.25) is 0 Å². The Labute approximate surface area is 120 Å². The number of nitrogens with one attached hydrogen (secondary N) is 1. The van der Waals surface area contributed by atoms with Gasteiger partial charge in [-0.05, 0) is 52.4 Å². The molecule has 0 aliphatic heterocycles. The summed E-state index contributed by atoms with van der Waals surface area (Å²) in [6.45, 7) is 7.95. The van der Waals surface area contributed by atoms with E-state index in [1.54, 1.807) is 6.20 Å². The van der Waals surface area contributed by atoms with Crippen LogP contribution in [0.1, 0.15) is 42.5 Å². The van der Waals surface area contributed by atoms with Crippen molar-refractivity contribution in [3.05, 3.63) is 47.2 Å². The van der Waals surface area contributed by atoms with Gasteiger partial charge < -0.3 is 14.5 Å². The van der Waals surface area contributed by atoms with E-state index in [0.717, 1.165) is 28.4 Å². The first-order valence-corrected chi connectivity index (χ1v) is 6.87. The fourth-order valence-corrected chi connectivity index (χ4v) is 2.37. The molecule has 4 heteroatoms. The number of aromatic nitrogens is 1. The van der Waals surface area contributed by atoms with Crippen LogP contribution in [0.4, 0.5) is 0 Å².